The standard InChI is InChI=1S/C13H19BrClNO/c1-5-8(2)9(3)16-12-7-10(15)6-11(14)13(12)17-4/h6-9,16H,5H2,1-4H3. The van der Waals surface area contributed by atoms with Gasteiger partial charge in [-0.2, -0.15) is 0 Å². The highest BCUT2D eigenvalue weighted by molar-refractivity contribution is 9.10. The molecule has 0 saturated carbocycles. The Bertz CT molecular complexity index is 384. The molecule has 0 aliphatic rings. The smallest absolute Gasteiger partial charge is 0.156 e. The third kappa shape index (κ3) is 3.78. The average Bonchev–Trinajstić information content (AvgIpc) is 2.27. The van der Waals surface area contributed by atoms with Crippen LogP contribution in [0.5, 0.6) is 5.75 Å². The summed E-state index contributed by atoms with van der Waals surface area (Å²) >= 11 is 9.50. The van der Waals surface area contributed by atoms with E-state index in [0.717, 1.165) is 22.3 Å². The van der Waals surface area contributed by atoms with Crippen LogP contribution in [-0.4, -0.2) is 13.2 Å². The van der Waals surface area contributed by atoms with E-state index in [0.29, 0.717) is 17.0 Å². The second-order valence-electron chi connectivity index (χ2n) is 4.29. The monoisotopic (exact) mass is 319 g/mol. The van der Waals surface area contributed by atoms with Gasteiger partial charge < -0.3 is 10.1 Å². The van der Waals surface area contributed by atoms with Crippen molar-refractivity contribution in [3.8, 4) is 5.75 Å². The van der Waals surface area contributed by atoms with Crippen LogP contribution in [0.2, 0.25) is 5.02 Å². The van der Waals surface area contributed by atoms with E-state index in [1.165, 1.54) is 0 Å². The molecule has 2 nitrogen and oxygen atoms in total. The number of hydrogen-bond acceptors (Lipinski definition) is 2. The fourth-order valence-corrected chi connectivity index (χ4v) is 2.59. The van der Waals surface area contributed by atoms with Gasteiger partial charge in [-0.05, 0) is 40.9 Å². The van der Waals surface area contributed by atoms with Crippen LogP contribution < -0.4 is 10.1 Å². The summed E-state index contributed by atoms with van der Waals surface area (Å²) in [7, 11) is 1.66. The summed E-state index contributed by atoms with van der Waals surface area (Å²) in [6.45, 7) is 6.58. The Hall–Kier alpha value is -0.410. The number of hydrogen-bond donors (Lipinski definition) is 1. The van der Waals surface area contributed by atoms with Crippen LogP contribution in [0.3, 0.4) is 0 Å². The number of nitrogens with one attached hydrogen (secondary N) is 1. The molecule has 96 valence electrons. The molecular weight excluding hydrogens is 302 g/mol. The Morgan fingerprint density at radius 2 is 2.06 bits per heavy atom. The van der Waals surface area contributed by atoms with Crippen molar-refractivity contribution in [2.24, 2.45) is 5.92 Å². The van der Waals surface area contributed by atoms with Gasteiger partial charge in [0.2, 0.25) is 0 Å². The predicted molar refractivity (Wildman–Crippen MR) is 78.2 cm³/mol. The fourth-order valence-electron chi connectivity index (χ4n) is 1.62. The molecule has 0 bridgehead atoms. The largest absolute Gasteiger partial charge is 0.493 e. The van der Waals surface area contributed by atoms with E-state index in [2.05, 4.69) is 42.0 Å². The maximum absolute atomic E-state index is 6.05. The summed E-state index contributed by atoms with van der Waals surface area (Å²) in [5.41, 5.74) is 0.930. The van der Waals surface area contributed by atoms with Crippen LogP contribution in [0.1, 0.15) is 27.2 Å². The van der Waals surface area contributed by atoms with Gasteiger partial charge in [0.1, 0.15) is 0 Å². The molecule has 1 rings (SSSR count). The first-order valence-corrected chi connectivity index (χ1v) is 6.96. The van der Waals surface area contributed by atoms with Crippen molar-refractivity contribution in [1.82, 2.24) is 0 Å². The molecule has 2 unspecified atom stereocenters. The lowest BCUT2D eigenvalue weighted by atomic mass is 10.0. The number of benzene rings is 1. The van der Waals surface area contributed by atoms with Gasteiger partial charge in [0.25, 0.3) is 0 Å². The summed E-state index contributed by atoms with van der Waals surface area (Å²) in [6.07, 6.45) is 1.14. The number of anilines is 1. The first-order valence-electron chi connectivity index (χ1n) is 5.79. The van der Waals surface area contributed by atoms with Crippen molar-refractivity contribution < 1.29 is 4.74 Å². The molecular formula is C13H19BrClNO. The Labute approximate surface area is 117 Å². The molecule has 0 aliphatic carbocycles. The molecule has 4 heteroatoms. The van der Waals surface area contributed by atoms with Gasteiger partial charge in [0.05, 0.1) is 17.3 Å². The van der Waals surface area contributed by atoms with Gasteiger partial charge in [-0.3, -0.25) is 0 Å². The van der Waals surface area contributed by atoms with Crippen molar-refractivity contribution >= 4 is 33.2 Å². The lowest BCUT2D eigenvalue weighted by Gasteiger charge is -2.23. The molecule has 0 aromatic heterocycles. The Balaban J connectivity index is 2.97. The van der Waals surface area contributed by atoms with Crippen LogP contribution in [0.4, 0.5) is 5.69 Å². The van der Waals surface area contributed by atoms with E-state index in [1.54, 1.807) is 7.11 Å². The number of rotatable bonds is 5. The summed E-state index contributed by atoms with van der Waals surface area (Å²) in [6, 6.07) is 4.10. The highest BCUT2D eigenvalue weighted by Gasteiger charge is 2.14. The molecule has 0 heterocycles. The first kappa shape index (κ1) is 14.7. The number of halogens is 2. The predicted octanol–water partition coefficient (Wildman–Crippen LogP) is 4.96. The molecule has 0 spiro atoms. The zero-order chi connectivity index (χ0) is 13.0. The topological polar surface area (TPSA) is 21.3 Å². The number of methoxy groups -OCH3 is 1. The Morgan fingerprint density at radius 3 is 2.59 bits per heavy atom. The quantitative estimate of drug-likeness (QED) is 0.828. The van der Waals surface area contributed by atoms with Gasteiger partial charge in [-0.15, -0.1) is 0 Å². The van der Waals surface area contributed by atoms with Crippen LogP contribution in [0.15, 0.2) is 16.6 Å². The van der Waals surface area contributed by atoms with Crippen LogP contribution in [0, 0.1) is 5.92 Å². The van der Waals surface area contributed by atoms with Gasteiger partial charge >= 0.3 is 0 Å². The van der Waals surface area contributed by atoms with Gasteiger partial charge in [0, 0.05) is 11.1 Å². The number of ether oxygens (including phenoxy) is 1. The summed E-state index contributed by atoms with van der Waals surface area (Å²) in [4.78, 5) is 0. The van der Waals surface area contributed by atoms with Gasteiger partial charge in [-0.1, -0.05) is 31.9 Å². The fraction of sp³-hybridized carbons (Fsp3) is 0.538. The minimum atomic E-state index is 0.374. The van der Waals surface area contributed by atoms with E-state index < -0.39 is 0 Å². The summed E-state index contributed by atoms with van der Waals surface area (Å²) in [5, 5.41) is 4.15. The minimum absolute atomic E-state index is 0.374. The average molecular weight is 321 g/mol. The molecule has 0 fully saturated rings. The molecule has 1 aromatic carbocycles. The van der Waals surface area contributed by atoms with E-state index in [9.17, 15) is 0 Å². The Morgan fingerprint density at radius 1 is 1.41 bits per heavy atom. The van der Waals surface area contributed by atoms with Crippen molar-refractivity contribution in [3.63, 3.8) is 0 Å². The van der Waals surface area contributed by atoms with Crippen molar-refractivity contribution in [1.29, 1.82) is 0 Å². The minimum Gasteiger partial charge on any atom is -0.493 e. The lowest BCUT2D eigenvalue weighted by molar-refractivity contribution is 0.411. The third-order valence-corrected chi connectivity index (χ3v) is 3.90. The van der Waals surface area contributed by atoms with Gasteiger partial charge in [-0.25, -0.2) is 0 Å². The second-order valence-corrected chi connectivity index (χ2v) is 5.58. The summed E-state index contributed by atoms with van der Waals surface area (Å²) < 4.78 is 6.24. The third-order valence-electron chi connectivity index (χ3n) is 3.09. The molecule has 0 radical (unpaired) electrons. The van der Waals surface area contributed by atoms with Crippen molar-refractivity contribution in [2.45, 2.75) is 33.2 Å². The van der Waals surface area contributed by atoms with E-state index in [4.69, 9.17) is 16.3 Å². The SMILES string of the molecule is CCC(C)C(C)Nc1cc(Cl)cc(Br)c1OC. The highest BCUT2D eigenvalue weighted by Crippen LogP contribution is 2.37. The highest BCUT2D eigenvalue weighted by atomic mass is 79.9. The maximum Gasteiger partial charge on any atom is 0.156 e. The molecule has 0 saturated heterocycles. The van der Waals surface area contributed by atoms with Crippen LogP contribution in [-0.2, 0) is 0 Å². The van der Waals surface area contributed by atoms with E-state index >= 15 is 0 Å². The molecule has 0 aliphatic heterocycles. The lowest BCUT2D eigenvalue weighted by Crippen LogP contribution is -2.23. The summed E-state index contributed by atoms with van der Waals surface area (Å²) in [5.74, 6) is 1.39. The molecule has 1 aromatic rings. The maximum atomic E-state index is 6.05. The zero-order valence-electron chi connectivity index (χ0n) is 10.7. The van der Waals surface area contributed by atoms with Gasteiger partial charge in [0.15, 0.2) is 5.75 Å². The molecule has 2 atom stereocenters. The first-order chi connectivity index (χ1) is 7.99. The molecule has 1 N–H and O–H groups in total. The van der Waals surface area contributed by atoms with E-state index in [-0.39, 0.29) is 0 Å². The van der Waals surface area contributed by atoms with Crippen molar-refractivity contribution in [3.05, 3.63) is 21.6 Å². The van der Waals surface area contributed by atoms with Crippen LogP contribution >= 0.6 is 27.5 Å². The normalized spacial score (nSPS) is 14.2. The van der Waals surface area contributed by atoms with E-state index in [1.807, 2.05) is 12.1 Å². The molecule has 0 amide bonds. The van der Waals surface area contributed by atoms with Crippen LogP contribution in [0.25, 0.3) is 0 Å². The zero-order valence-corrected chi connectivity index (χ0v) is 13.0. The molecule has 17 heavy (non-hydrogen) atoms. The second kappa shape index (κ2) is 6.50. The van der Waals surface area contributed by atoms with Crippen molar-refractivity contribution in [2.75, 3.05) is 12.4 Å². The Kier molecular flexibility index (Phi) is 5.60.